The Labute approximate surface area is 95.8 Å². The molecule has 0 spiro atoms. The van der Waals surface area contributed by atoms with E-state index in [0.29, 0.717) is 6.54 Å². The van der Waals surface area contributed by atoms with Crippen molar-refractivity contribution in [2.24, 2.45) is 0 Å². The molecule has 0 unspecified atom stereocenters. The molecular weight excluding hydrogens is 202 g/mol. The second-order valence-corrected chi connectivity index (χ2v) is 4.22. The van der Waals surface area contributed by atoms with Crippen LogP contribution in [0.3, 0.4) is 0 Å². The number of hydrogen-bond acceptors (Lipinski definition) is 3. The van der Waals surface area contributed by atoms with Gasteiger partial charge in [0.05, 0.1) is 17.9 Å². The standard InChI is InChI=1S/C12H17N3O/c1-14(2)7-8-15-11-6-4-3-5-10(11)13-9-12(15)16/h3-6,13H,7-9H2,1-2H3. The first kappa shape index (κ1) is 11.0. The third-order valence-corrected chi connectivity index (χ3v) is 2.70. The van der Waals surface area contributed by atoms with Crippen molar-refractivity contribution < 1.29 is 4.79 Å². The highest BCUT2D eigenvalue weighted by Gasteiger charge is 2.22. The number of rotatable bonds is 3. The van der Waals surface area contributed by atoms with Crippen molar-refractivity contribution in [3.8, 4) is 0 Å². The Balaban J connectivity index is 2.19. The average Bonchev–Trinajstić information content (AvgIpc) is 2.27. The lowest BCUT2D eigenvalue weighted by atomic mass is 10.2. The van der Waals surface area contributed by atoms with Crippen LogP contribution in [-0.4, -0.2) is 44.5 Å². The highest BCUT2D eigenvalue weighted by Crippen LogP contribution is 2.28. The zero-order valence-electron chi connectivity index (χ0n) is 9.73. The molecule has 0 radical (unpaired) electrons. The molecular formula is C12H17N3O. The lowest BCUT2D eigenvalue weighted by molar-refractivity contribution is -0.117. The molecule has 0 aromatic heterocycles. The normalized spacial score (nSPS) is 14.9. The number of carbonyl (C=O) groups is 1. The minimum Gasteiger partial charge on any atom is -0.374 e. The second kappa shape index (κ2) is 4.53. The number of nitrogens with zero attached hydrogens (tertiary/aromatic N) is 2. The predicted octanol–water partition coefficient (Wildman–Crippen LogP) is 1.01. The van der Waals surface area contributed by atoms with Gasteiger partial charge in [0.25, 0.3) is 0 Å². The van der Waals surface area contributed by atoms with Gasteiger partial charge in [-0.05, 0) is 26.2 Å². The minimum absolute atomic E-state index is 0.139. The van der Waals surface area contributed by atoms with Crippen molar-refractivity contribution in [2.75, 3.05) is 43.9 Å². The van der Waals surface area contributed by atoms with E-state index in [1.165, 1.54) is 0 Å². The number of anilines is 2. The summed E-state index contributed by atoms with van der Waals surface area (Å²) in [7, 11) is 4.02. The van der Waals surface area contributed by atoms with Crippen molar-refractivity contribution in [3.63, 3.8) is 0 Å². The van der Waals surface area contributed by atoms with E-state index in [-0.39, 0.29) is 5.91 Å². The van der Waals surface area contributed by atoms with Crippen LogP contribution in [0.25, 0.3) is 0 Å². The molecule has 1 N–H and O–H groups in total. The second-order valence-electron chi connectivity index (χ2n) is 4.22. The highest BCUT2D eigenvalue weighted by atomic mass is 16.2. The van der Waals surface area contributed by atoms with Crippen molar-refractivity contribution in [1.82, 2.24) is 4.90 Å². The lowest BCUT2D eigenvalue weighted by Gasteiger charge is -2.30. The molecule has 1 aliphatic rings. The van der Waals surface area contributed by atoms with Gasteiger partial charge in [-0.2, -0.15) is 0 Å². The van der Waals surface area contributed by atoms with Gasteiger partial charge in [-0.3, -0.25) is 4.79 Å². The SMILES string of the molecule is CN(C)CCN1C(=O)CNc2ccccc21. The number of para-hydroxylation sites is 2. The fraction of sp³-hybridized carbons (Fsp3) is 0.417. The van der Waals surface area contributed by atoms with E-state index in [0.717, 1.165) is 24.5 Å². The Morgan fingerprint density at radius 3 is 2.88 bits per heavy atom. The largest absolute Gasteiger partial charge is 0.374 e. The molecule has 2 rings (SSSR count). The van der Waals surface area contributed by atoms with Crippen LogP contribution in [-0.2, 0) is 4.79 Å². The first-order valence-corrected chi connectivity index (χ1v) is 5.46. The van der Waals surface area contributed by atoms with Crippen LogP contribution < -0.4 is 10.2 Å². The highest BCUT2D eigenvalue weighted by molar-refractivity contribution is 6.02. The van der Waals surface area contributed by atoms with Crippen LogP contribution in [0.2, 0.25) is 0 Å². The summed E-state index contributed by atoms with van der Waals surface area (Å²) in [4.78, 5) is 15.7. The molecule has 1 aromatic rings. The number of nitrogens with one attached hydrogen (secondary N) is 1. The number of amides is 1. The van der Waals surface area contributed by atoms with Gasteiger partial charge in [-0.1, -0.05) is 12.1 Å². The molecule has 0 atom stereocenters. The first-order valence-electron chi connectivity index (χ1n) is 5.46. The molecule has 0 saturated heterocycles. The summed E-state index contributed by atoms with van der Waals surface area (Å²) in [6.07, 6.45) is 0. The van der Waals surface area contributed by atoms with Crippen LogP contribution in [0.4, 0.5) is 11.4 Å². The van der Waals surface area contributed by atoms with E-state index >= 15 is 0 Å². The fourth-order valence-corrected chi connectivity index (χ4v) is 1.80. The molecule has 86 valence electrons. The van der Waals surface area contributed by atoms with Crippen molar-refractivity contribution in [1.29, 1.82) is 0 Å². The topological polar surface area (TPSA) is 35.6 Å². The first-order chi connectivity index (χ1) is 7.68. The van der Waals surface area contributed by atoms with Gasteiger partial charge < -0.3 is 15.1 Å². The van der Waals surface area contributed by atoms with Crippen LogP contribution in [0.1, 0.15) is 0 Å². The monoisotopic (exact) mass is 219 g/mol. The predicted molar refractivity (Wildman–Crippen MR) is 65.8 cm³/mol. The number of hydrogen-bond donors (Lipinski definition) is 1. The number of benzene rings is 1. The van der Waals surface area contributed by atoms with Crippen LogP contribution in [0.5, 0.6) is 0 Å². The van der Waals surface area contributed by atoms with Crippen molar-refractivity contribution >= 4 is 17.3 Å². The Morgan fingerprint density at radius 2 is 2.12 bits per heavy atom. The van der Waals surface area contributed by atoms with E-state index < -0.39 is 0 Å². The molecule has 1 aliphatic heterocycles. The molecule has 4 heteroatoms. The summed E-state index contributed by atoms with van der Waals surface area (Å²) >= 11 is 0. The van der Waals surface area contributed by atoms with Crippen molar-refractivity contribution in [3.05, 3.63) is 24.3 Å². The van der Waals surface area contributed by atoms with Gasteiger partial charge in [-0.25, -0.2) is 0 Å². The Hall–Kier alpha value is -1.55. The molecule has 0 aliphatic carbocycles. The molecule has 16 heavy (non-hydrogen) atoms. The van der Waals surface area contributed by atoms with E-state index in [1.54, 1.807) is 0 Å². The van der Waals surface area contributed by atoms with E-state index in [2.05, 4.69) is 10.2 Å². The van der Waals surface area contributed by atoms with Gasteiger partial charge in [0.1, 0.15) is 0 Å². The molecule has 1 aromatic carbocycles. The van der Waals surface area contributed by atoms with Gasteiger partial charge in [0.15, 0.2) is 0 Å². The number of likely N-dealkylation sites (N-methyl/N-ethyl adjacent to an activating group) is 1. The zero-order chi connectivity index (χ0) is 11.5. The van der Waals surface area contributed by atoms with Crippen LogP contribution in [0.15, 0.2) is 24.3 Å². The fourth-order valence-electron chi connectivity index (χ4n) is 1.80. The molecule has 1 amide bonds. The smallest absolute Gasteiger partial charge is 0.246 e. The van der Waals surface area contributed by atoms with Gasteiger partial charge >= 0.3 is 0 Å². The molecule has 0 saturated carbocycles. The zero-order valence-corrected chi connectivity index (χ0v) is 9.73. The maximum Gasteiger partial charge on any atom is 0.246 e. The van der Waals surface area contributed by atoms with E-state index in [1.807, 2.05) is 43.3 Å². The molecule has 1 heterocycles. The summed E-state index contributed by atoms with van der Waals surface area (Å²) < 4.78 is 0. The number of carbonyl (C=O) groups excluding carboxylic acids is 1. The van der Waals surface area contributed by atoms with Crippen LogP contribution in [0, 0.1) is 0 Å². The maximum atomic E-state index is 11.8. The van der Waals surface area contributed by atoms with Crippen molar-refractivity contribution in [2.45, 2.75) is 0 Å². The summed E-state index contributed by atoms with van der Waals surface area (Å²) in [5.74, 6) is 0.139. The van der Waals surface area contributed by atoms with Gasteiger partial charge in [-0.15, -0.1) is 0 Å². The van der Waals surface area contributed by atoms with E-state index in [4.69, 9.17) is 0 Å². The summed E-state index contributed by atoms with van der Waals surface area (Å²) in [6.45, 7) is 2.01. The summed E-state index contributed by atoms with van der Waals surface area (Å²) in [6, 6.07) is 7.92. The van der Waals surface area contributed by atoms with E-state index in [9.17, 15) is 4.79 Å². The third-order valence-electron chi connectivity index (χ3n) is 2.70. The van der Waals surface area contributed by atoms with Gasteiger partial charge in [0, 0.05) is 13.1 Å². The summed E-state index contributed by atoms with van der Waals surface area (Å²) in [5, 5.41) is 3.13. The average molecular weight is 219 g/mol. The van der Waals surface area contributed by atoms with Crippen LogP contribution >= 0.6 is 0 Å². The Kier molecular flexibility index (Phi) is 3.10. The third kappa shape index (κ3) is 2.17. The minimum atomic E-state index is 0.139. The van der Waals surface area contributed by atoms with Gasteiger partial charge in [0.2, 0.25) is 5.91 Å². The molecule has 4 nitrogen and oxygen atoms in total. The lowest BCUT2D eigenvalue weighted by Crippen LogP contribution is -2.43. The maximum absolute atomic E-state index is 11.8. The summed E-state index contributed by atoms with van der Waals surface area (Å²) in [5.41, 5.74) is 2.03. The molecule has 0 bridgehead atoms. The molecule has 0 fully saturated rings. The Morgan fingerprint density at radius 1 is 1.38 bits per heavy atom. The quantitative estimate of drug-likeness (QED) is 0.824. The Bertz CT molecular complexity index is 390. The number of fused-ring (bicyclic) bond motifs is 1.